The number of benzene rings is 1. The van der Waals surface area contributed by atoms with Gasteiger partial charge in [0.15, 0.2) is 17.4 Å². The smallest absolute Gasteiger partial charge is 0.205 e. The Morgan fingerprint density at radius 3 is 1.67 bits per heavy atom. The summed E-state index contributed by atoms with van der Waals surface area (Å²) in [6.45, 7) is 2.65. The minimum Gasteiger partial charge on any atom is -0.744 e. The van der Waals surface area contributed by atoms with Crippen molar-refractivity contribution in [2.75, 3.05) is 0 Å². The molecule has 1 aromatic carbocycles. The Morgan fingerprint density at radius 1 is 1.00 bits per heavy atom. The molecule has 0 spiro atoms. The number of ether oxygens (including phenoxy) is 1. The zero-order valence-corrected chi connectivity index (χ0v) is 9.95. The molecule has 18 heavy (non-hydrogen) atoms. The summed E-state index contributed by atoms with van der Waals surface area (Å²) in [5, 5.41) is 0. The van der Waals surface area contributed by atoms with Crippen molar-refractivity contribution in [1.82, 2.24) is 0 Å². The second-order valence-electron chi connectivity index (χ2n) is 3.53. The highest BCUT2D eigenvalue weighted by atomic mass is 32.2. The first kappa shape index (κ1) is 14.7. The van der Waals surface area contributed by atoms with Crippen LogP contribution in [0.1, 0.15) is 13.8 Å². The van der Waals surface area contributed by atoms with Crippen molar-refractivity contribution in [2.24, 2.45) is 0 Å². The molecule has 1 rings (SSSR count). The van der Waals surface area contributed by atoms with Gasteiger partial charge < -0.3 is 9.29 Å². The lowest BCUT2D eigenvalue weighted by Crippen LogP contribution is -2.15. The lowest BCUT2D eigenvalue weighted by Gasteiger charge is -2.16. The van der Waals surface area contributed by atoms with Crippen molar-refractivity contribution in [1.29, 1.82) is 0 Å². The molecule has 0 heterocycles. The van der Waals surface area contributed by atoms with Gasteiger partial charge in [0.2, 0.25) is 11.6 Å². The van der Waals surface area contributed by atoms with Crippen LogP contribution in [0.25, 0.3) is 0 Å². The minimum absolute atomic E-state index is 0.817. The molecule has 1 aromatic rings. The van der Waals surface area contributed by atoms with E-state index in [1.165, 1.54) is 13.8 Å². The van der Waals surface area contributed by atoms with E-state index in [2.05, 4.69) is 4.74 Å². The van der Waals surface area contributed by atoms with E-state index < -0.39 is 50.1 Å². The van der Waals surface area contributed by atoms with Gasteiger partial charge in [0.05, 0.1) is 6.10 Å². The topological polar surface area (TPSA) is 66.4 Å². The Morgan fingerprint density at radius 2 is 1.39 bits per heavy atom. The molecule has 0 bridgehead atoms. The summed E-state index contributed by atoms with van der Waals surface area (Å²) in [5.41, 5.74) is 0. The number of halogens is 4. The standard InChI is InChI=1S/C9H8F4O4S/c1-3(2)17-8-4(10)6(12)9(18(14,15)16)7(13)5(8)11/h3H,1-2H3,(H,14,15,16)/p-1. The number of hydrogen-bond donors (Lipinski definition) is 0. The summed E-state index contributed by atoms with van der Waals surface area (Å²) in [7, 11) is -5.69. The maximum Gasteiger partial charge on any atom is 0.205 e. The molecular weight excluding hydrogens is 280 g/mol. The molecular formula is C9H7F4O4S-. The van der Waals surface area contributed by atoms with E-state index in [-0.39, 0.29) is 0 Å². The predicted molar refractivity (Wildman–Crippen MR) is 50.0 cm³/mol. The van der Waals surface area contributed by atoms with Crippen LogP contribution >= 0.6 is 0 Å². The van der Waals surface area contributed by atoms with Gasteiger partial charge in [0.1, 0.15) is 15.0 Å². The van der Waals surface area contributed by atoms with Crippen LogP contribution in [0, 0.1) is 23.3 Å². The molecule has 0 atom stereocenters. The largest absolute Gasteiger partial charge is 0.744 e. The summed E-state index contributed by atoms with van der Waals surface area (Å²) in [4.78, 5) is -2.20. The number of hydrogen-bond acceptors (Lipinski definition) is 4. The molecule has 0 amide bonds. The van der Waals surface area contributed by atoms with E-state index >= 15 is 0 Å². The van der Waals surface area contributed by atoms with Gasteiger partial charge in [-0.3, -0.25) is 0 Å². The van der Waals surface area contributed by atoms with Crippen molar-refractivity contribution in [3.63, 3.8) is 0 Å². The fraction of sp³-hybridized carbons (Fsp3) is 0.333. The van der Waals surface area contributed by atoms with Crippen molar-refractivity contribution in [3.05, 3.63) is 23.3 Å². The molecule has 0 aliphatic heterocycles. The zero-order valence-electron chi connectivity index (χ0n) is 9.13. The predicted octanol–water partition coefficient (Wildman–Crippen LogP) is 1.93. The second-order valence-corrected chi connectivity index (χ2v) is 4.85. The summed E-state index contributed by atoms with van der Waals surface area (Å²) >= 11 is 0. The lowest BCUT2D eigenvalue weighted by atomic mass is 10.3. The highest BCUT2D eigenvalue weighted by Gasteiger charge is 2.30. The van der Waals surface area contributed by atoms with Crippen LogP contribution in [0.4, 0.5) is 17.6 Å². The van der Waals surface area contributed by atoms with Crippen molar-refractivity contribution in [3.8, 4) is 5.75 Å². The monoisotopic (exact) mass is 287 g/mol. The maximum absolute atomic E-state index is 13.3. The van der Waals surface area contributed by atoms with Gasteiger partial charge >= 0.3 is 0 Å². The molecule has 0 aliphatic carbocycles. The molecule has 0 aromatic heterocycles. The van der Waals surface area contributed by atoms with Crippen LogP contribution in [-0.4, -0.2) is 19.1 Å². The van der Waals surface area contributed by atoms with Gasteiger partial charge in [0.25, 0.3) is 0 Å². The Labute approximate surface area is 99.9 Å². The van der Waals surface area contributed by atoms with Crippen LogP contribution in [0.3, 0.4) is 0 Å². The van der Waals surface area contributed by atoms with Gasteiger partial charge in [-0.2, -0.15) is 8.78 Å². The third-order valence-electron chi connectivity index (χ3n) is 1.79. The molecule has 0 radical (unpaired) electrons. The fourth-order valence-electron chi connectivity index (χ4n) is 1.15. The van der Waals surface area contributed by atoms with Crippen molar-refractivity contribution in [2.45, 2.75) is 24.8 Å². The molecule has 0 fully saturated rings. The van der Waals surface area contributed by atoms with Crippen LogP contribution < -0.4 is 4.74 Å². The molecule has 4 nitrogen and oxygen atoms in total. The Kier molecular flexibility index (Phi) is 3.86. The quantitative estimate of drug-likeness (QED) is 0.484. The molecule has 0 saturated heterocycles. The summed E-state index contributed by atoms with van der Waals surface area (Å²) < 4.78 is 89.0. The van der Waals surface area contributed by atoms with Crippen LogP contribution in [-0.2, 0) is 10.1 Å². The second kappa shape index (κ2) is 4.73. The average Bonchev–Trinajstić information content (AvgIpc) is 2.19. The van der Waals surface area contributed by atoms with E-state index in [1.807, 2.05) is 0 Å². The van der Waals surface area contributed by atoms with Crippen LogP contribution in [0.2, 0.25) is 0 Å². The van der Waals surface area contributed by atoms with Crippen molar-refractivity contribution < 1.29 is 35.3 Å². The normalized spacial score (nSPS) is 12.0. The molecule has 0 N–H and O–H groups in total. The van der Waals surface area contributed by atoms with E-state index in [0.717, 1.165) is 0 Å². The van der Waals surface area contributed by atoms with Crippen LogP contribution in [0.15, 0.2) is 4.90 Å². The molecule has 9 heteroatoms. The van der Waals surface area contributed by atoms with Crippen LogP contribution in [0.5, 0.6) is 5.75 Å². The Bertz CT molecular complexity index is 554. The van der Waals surface area contributed by atoms with Gasteiger partial charge in [-0.15, -0.1) is 0 Å². The zero-order chi connectivity index (χ0) is 14.2. The van der Waals surface area contributed by atoms with Gasteiger partial charge in [-0.05, 0) is 13.8 Å². The molecule has 0 unspecified atom stereocenters. The summed E-state index contributed by atoms with van der Waals surface area (Å²) in [6.07, 6.45) is -0.817. The first-order valence-corrected chi connectivity index (χ1v) is 5.96. The van der Waals surface area contributed by atoms with Gasteiger partial charge in [-0.1, -0.05) is 0 Å². The van der Waals surface area contributed by atoms with E-state index in [1.54, 1.807) is 0 Å². The maximum atomic E-state index is 13.3. The van der Waals surface area contributed by atoms with E-state index in [4.69, 9.17) is 0 Å². The highest BCUT2D eigenvalue weighted by molar-refractivity contribution is 7.85. The fourth-order valence-corrected chi connectivity index (χ4v) is 1.77. The van der Waals surface area contributed by atoms with Crippen molar-refractivity contribution >= 4 is 10.1 Å². The SMILES string of the molecule is CC(C)Oc1c(F)c(F)c(S(=O)(=O)[O-])c(F)c1F. The molecule has 0 aliphatic rings. The average molecular weight is 287 g/mol. The lowest BCUT2D eigenvalue weighted by molar-refractivity contribution is 0.209. The third-order valence-corrected chi connectivity index (χ3v) is 2.64. The first-order chi connectivity index (χ1) is 8.07. The summed E-state index contributed by atoms with van der Waals surface area (Å²) in [6, 6.07) is 0. The van der Waals surface area contributed by atoms with Gasteiger partial charge in [0, 0.05) is 0 Å². The highest BCUT2D eigenvalue weighted by Crippen LogP contribution is 2.32. The molecule has 102 valence electrons. The summed E-state index contributed by atoms with van der Waals surface area (Å²) in [5.74, 6) is -10.2. The molecule has 0 saturated carbocycles. The Balaban J connectivity index is 3.66. The Hall–Kier alpha value is -1.35. The van der Waals surface area contributed by atoms with E-state index in [9.17, 15) is 30.5 Å². The van der Waals surface area contributed by atoms with E-state index in [0.29, 0.717) is 0 Å². The number of rotatable bonds is 3. The van der Waals surface area contributed by atoms with Gasteiger partial charge in [-0.25, -0.2) is 17.2 Å². The minimum atomic E-state index is -5.69. The first-order valence-electron chi connectivity index (χ1n) is 4.55. The third kappa shape index (κ3) is 2.56.